The first-order valence-corrected chi connectivity index (χ1v) is 6.74. The Morgan fingerprint density at radius 1 is 1.21 bits per heavy atom. The average molecular weight is 276 g/mol. The molecular formula is C15H13FO2S. The minimum atomic E-state index is -0.544. The fourth-order valence-corrected chi connectivity index (χ4v) is 2.40. The number of Topliss-reactive ketones (excluding diaryl/α,β-unsaturated/α-hetero) is 1. The molecule has 0 radical (unpaired) electrons. The number of hydrogen-bond acceptors (Lipinski definition) is 3. The molecule has 0 saturated heterocycles. The van der Waals surface area contributed by atoms with Gasteiger partial charge >= 0.3 is 0 Å². The molecular weight excluding hydrogens is 263 g/mol. The second-order valence-corrected chi connectivity index (χ2v) is 4.92. The molecule has 2 nitrogen and oxygen atoms in total. The van der Waals surface area contributed by atoms with Gasteiger partial charge in [0.2, 0.25) is 0 Å². The van der Waals surface area contributed by atoms with Crippen molar-refractivity contribution in [2.24, 2.45) is 0 Å². The van der Waals surface area contributed by atoms with Gasteiger partial charge in [-0.25, -0.2) is 4.39 Å². The molecule has 0 atom stereocenters. The van der Waals surface area contributed by atoms with Crippen molar-refractivity contribution < 1.29 is 13.9 Å². The summed E-state index contributed by atoms with van der Waals surface area (Å²) in [6, 6.07) is 13.8. The molecule has 0 aliphatic rings. The first-order valence-electron chi connectivity index (χ1n) is 5.75. The lowest BCUT2D eigenvalue weighted by Crippen LogP contribution is -2.05. The zero-order valence-corrected chi connectivity index (χ0v) is 11.2. The van der Waals surface area contributed by atoms with Crippen LogP contribution in [-0.2, 0) is 0 Å². The molecule has 0 heterocycles. The van der Waals surface area contributed by atoms with E-state index >= 15 is 0 Å². The van der Waals surface area contributed by atoms with Crippen LogP contribution in [0.1, 0.15) is 10.4 Å². The lowest BCUT2D eigenvalue weighted by Gasteiger charge is -2.05. The number of benzene rings is 2. The SMILES string of the molecule is COc1ccc(C(=O)CSc2ccccc2)c(F)c1. The van der Waals surface area contributed by atoms with Gasteiger partial charge in [-0.1, -0.05) is 18.2 Å². The van der Waals surface area contributed by atoms with Crippen molar-refractivity contribution in [2.45, 2.75) is 4.90 Å². The maximum atomic E-state index is 13.7. The van der Waals surface area contributed by atoms with E-state index in [0.29, 0.717) is 5.75 Å². The molecule has 0 amide bonds. The summed E-state index contributed by atoms with van der Waals surface area (Å²) in [5, 5.41) is 0. The molecule has 0 spiro atoms. The largest absolute Gasteiger partial charge is 0.497 e. The van der Waals surface area contributed by atoms with Crippen LogP contribution in [0.25, 0.3) is 0 Å². The van der Waals surface area contributed by atoms with Crippen LogP contribution >= 0.6 is 11.8 Å². The molecule has 2 aromatic rings. The third kappa shape index (κ3) is 3.58. The monoisotopic (exact) mass is 276 g/mol. The molecule has 0 aliphatic heterocycles. The highest BCUT2D eigenvalue weighted by Crippen LogP contribution is 2.21. The fourth-order valence-electron chi connectivity index (χ4n) is 1.59. The zero-order chi connectivity index (χ0) is 13.7. The van der Waals surface area contributed by atoms with E-state index in [1.165, 1.54) is 31.0 Å². The minimum absolute atomic E-state index is 0.101. The maximum Gasteiger partial charge on any atom is 0.176 e. The van der Waals surface area contributed by atoms with Gasteiger partial charge in [0.15, 0.2) is 5.78 Å². The average Bonchev–Trinajstić information content (AvgIpc) is 2.45. The smallest absolute Gasteiger partial charge is 0.176 e. The van der Waals surface area contributed by atoms with E-state index in [1.54, 1.807) is 6.07 Å². The Labute approximate surface area is 115 Å². The predicted octanol–water partition coefficient (Wildman–Crippen LogP) is 3.81. The summed E-state index contributed by atoms with van der Waals surface area (Å²) in [7, 11) is 1.46. The van der Waals surface area contributed by atoms with E-state index in [2.05, 4.69) is 0 Å². The number of ketones is 1. The van der Waals surface area contributed by atoms with E-state index in [4.69, 9.17) is 4.74 Å². The molecule has 19 heavy (non-hydrogen) atoms. The predicted molar refractivity (Wildman–Crippen MR) is 74.4 cm³/mol. The first kappa shape index (κ1) is 13.6. The number of halogens is 1. The third-order valence-corrected chi connectivity index (χ3v) is 3.60. The van der Waals surface area contributed by atoms with Gasteiger partial charge in [-0.15, -0.1) is 11.8 Å². The molecule has 0 fully saturated rings. The van der Waals surface area contributed by atoms with Crippen LogP contribution in [0.3, 0.4) is 0 Å². The molecule has 0 bridgehead atoms. The van der Waals surface area contributed by atoms with Gasteiger partial charge in [0.1, 0.15) is 11.6 Å². The Morgan fingerprint density at radius 2 is 1.95 bits per heavy atom. The molecule has 2 aromatic carbocycles. The quantitative estimate of drug-likeness (QED) is 0.613. The van der Waals surface area contributed by atoms with Crippen LogP contribution in [0.15, 0.2) is 53.4 Å². The number of carbonyl (C=O) groups excluding carboxylic acids is 1. The molecule has 0 saturated carbocycles. The zero-order valence-electron chi connectivity index (χ0n) is 10.4. The van der Waals surface area contributed by atoms with Gasteiger partial charge in [0.25, 0.3) is 0 Å². The molecule has 98 valence electrons. The second kappa shape index (κ2) is 6.38. The molecule has 4 heteroatoms. The number of thioether (sulfide) groups is 1. The lowest BCUT2D eigenvalue weighted by atomic mass is 10.1. The highest BCUT2D eigenvalue weighted by molar-refractivity contribution is 8.00. The summed E-state index contributed by atoms with van der Waals surface area (Å²) in [6.07, 6.45) is 0. The van der Waals surface area contributed by atoms with Crippen LogP contribution in [0.2, 0.25) is 0 Å². The van der Waals surface area contributed by atoms with Crippen molar-refractivity contribution in [3.63, 3.8) is 0 Å². The Bertz CT molecular complexity index is 570. The van der Waals surface area contributed by atoms with E-state index in [1.807, 2.05) is 30.3 Å². The van der Waals surface area contributed by atoms with Crippen molar-refractivity contribution in [3.05, 3.63) is 59.9 Å². The second-order valence-electron chi connectivity index (χ2n) is 3.87. The van der Waals surface area contributed by atoms with Crippen LogP contribution in [0, 0.1) is 5.82 Å². The highest BCUT2D eigenvalue weighted by Gasteiger charge is 2.12. The highest BCUT2D eigenvalue weighted by atomic mass is 32.2. The fraction of sp³-hybridized carbons (Fsp3) is 0.133. The number of carbonyl (C=O) groups is 1. The van der Waals surface area contributed by atoms with E-state index in [-0.39, 0.29) is 17.1 Å². The van der Waals surface area contributed by atoms with Gasteiger partial charge in [-0.2, -0.15) is 0 Å². The normalized spacial score (nSPS) is 10.2. The van der Waals surface area contributed by atoms with Crippen LogP contribution in [0.4, 0.5) is 4.39 Å². The standard InChI is InChI=1S/C15H13FO2S/c1-18-11-7-8-13(14(16)9-11)15(17)10-19-12-5-3-2-4-6-12/h2-9H,10H2,1H3. The van der Waals surface area contributed by atoms with Crippen LogP contribution < -0.4 is 4.74 Å². The molecule has 2 rings (SSSR count). The molecule has 0 N–H and O–H groups in total. The first-order chi connectivity index (χ1) is 9.20. The van der Waals surface area contributed by atoms with Crippen molar-refractivity contribution in [3.8, 4) is 5.75 Å². The molecule has 0 unspecified atom stereocenters. The van der Waals surface area contributed by atoms with E-state index in [9.17, 15) is 9.18 Å². The van der Waals surface area contributed by atoms with Crippen molar-refractivity contribution >= 4 is 17.5 Å². The van der Waals surface area contributed by atoms with Gasteiger partial charge in [-0.3, -0.25) is 4.79 Å². The summed E-state index contributed by atoms with van der Waals surface area (Å²) < 4.78 is 18.6. The summed E-state index contributed by atoms with van der Waals surface area (Å²) in [6.45, 7) is 0. The summed E-state index contributed by atoms with van der Waals surface area (Å²) in [5.41, 5.74) is 0.101. The van der Waals surface area contributed by atoms with E-state index < -0.39 is 5.82 Å². The molecule has 0 aromatic heterocycles. The summed E-state index contributed by atoms with van der Waals surface area (Å²) in [4.78, 5) is 12.9. The van der Waals surface area contributed by atoms with Gasteiger partial charge in [0, 0.05) is 11.0 Å². The number of ether oxygens (including phenoxy) is 1. The van der Waals surface area contributed by atoms with Gasteiger partial charge < -0.3 is 4.74 Å². The Balaban J connectivity index is 2.04. The number of methoxy groups -OCH3 is 1. The Morgan fingerprint density at radius 3 is 2.58 bits per heavy atom. The minimum Gasteiger partial charge on any atom is -0.497 e. The van der Waals surface area contributed by atoms with Crippen molar-refractivity contribution in [2.75, 3.05) is 12.9 Å². The summed E-state index contributed by atoms with van der Waals surface area (Å²) >= 11 is 1.39. The Hall–Kier alpha value is -1.81. The van der Waals surface area contributed by atoms with Crippen molar-refractivity contribution in [1.82, 2.24) is 0 Å². The summed E-state index contributed by atoms with van der Waals surface area (Å²) in [5.74, 6) is -0.149. The van der Waals surface area contributed by atoms with E-state index in [0.717, 1.165) is 4.90 Å². The lowest BCUT2D eigenvalue weighted by molar-refractivity contribution is 0.101. The number of rotatable bonds is 5. The number of hydrogen-bond donors (Lipinski definition) is 0. The Kier molecular flexibility index (Phi) is 4.58. The van der Waals surface area contributed by atoms with Crippen LogP contribution in [0.5, 0.6) is 5.75 Å². The molecule has 0 aliphatic carbocycles. The van der Waals surface area contributed by atoms with Crippen molar-refractivity contribution in [1.29, 1.82) is 0 Å². The third-order valence-electron chi connectivity index (χ3n) is 2.59. The topological polar surface area (TPSA) is 26.3 Å². The van der Waals surface area contributed by atoms with Gasteiger partial charge in [-0.05, 0) is 24.3 Å². The maximum absolute atomic E-state index is 13.7. The van der Waals surface area contributed by atoms with Crippen LogP contribution in [-0.4, -0.2) is 18.6 Å². The van der Waals surface area contributed by atoms with Gasteiger partial charge in [0.05, 0.1) is 18.4 Å².